The second-order valence-corrected chi connectivity index (χ2v) is 4.77. The summed E-state index contributed by atoms with van der Waals surface area (Å²) < 4.78 is 0. The van der Waals surface area contributed by atoms with Crippen molar-refractivity contribution in [1.82, 2.24) is 10.2 Å². The lowest BCUT2D eigenvalue weighted by Gasteiger charge is -2.22. The average molecular weight is 248 g/mol. The van der Waals surface area contributed by atoms with Crippen LogP contribution in [0.25, 0.3) is 0 Å². The van der Waals surface area contributed by atoms with Crippen LogP contribution in [-0.2, 0) is 13.1 Å². The Morgan fingerprint density at radius 3 is 2.39 bits per heavy atom. The molecule has 0 spiro atoms. The van der Waals surface area contributed by atoms with Crippen molar-refractivity contribution in [2.45, 2.75) is 46.7 Å². The van der Waals surface area contributed by atoms with E-state index in [0.29, 0.717) is 0 Å². The molecule has 0 fully saturated rings. The molecule has 1 aromatic rings. The van der Waals surface area contributed by atoms with Gasteiger partial charge in [-0.1, -0.05) is 51.5 Å². The summed E-state index contributed by atoms with van der Waals surface area (Å²) in [6.07, 6.45) is 2.57. The number of unbranched alkanes of at least 4 members (excludes halogenated alkanes) is 1. The predicted molar refractivity (Wildman–Crippen MR) is 79.7 cm³/mol. The zero-order valence-electron chi connectivity index (χ0n) is 12.2. The summed E-state index contributed by atoms with van der Waals surface area (Å²) in [5.41, 5.74) is 2.91. The number of nitrogens with zero attached hydrogens (tertiary/aromatic N) is 1. The third-order valence-corrected chi connectivity index (χ3v) is 3.35. The Labute approximate surface area is 112 Å². The Kier molecular flexibility index (Phi) is 7.70. The molecule has 102 valence electrons. The predicted octanol–water partition coefficient (Wildman–Crippen LogP) is 3.42. The van der Waals surface area contributed by atoms with E-state index in [1.807, 2.05) is 0 Å². The maximum Gasteiger partial charge on any atom is 0.0236 e. The zero-order chi connectivity index (χ0) is 13.2. The molecule has 2 nitrogen and oxygen atoms in total. The van der Waals surface area contributed by atoms with Crippen LogP contribution in [0.15, 0.2) is 24.3 Å². The van der Waals surface area contributed by atoms with Gasteiger partial charge in [0, 0.05) is 13.1 Å². The van der Waals surface area contributed by atoms with E-state index in [4.69, 9.17) is 0 Å². The van der Waals surface area contributed by atoms with Gasteiger partial charge in [-0.25, -0.2) is 0 Å². The Morgan fingerprint density at radius 1 is 1.06 bits per heavy atom. The van der Waals surface area contributed by atoms with E-state index in [9.17, 15) is 0 Å². The summed E-state index contributed by atoms with van der Waals surface area (Å²) >= 11 is 0. The number of hydrogen-bond donors (Lipinski definition) is 1. The van der Waals surface area contributed by atoms with Crippen molar-refractivity contribution < 1.29 is 0 Å². The van der Waals surface area contributed by atoms with E-state index in [2.05, 4.69) is 55.3 Å². The monoisotopic (exact) mass is 248 g/mol. The zero-order valence-corrected chi connectivity index (χ0v) is 12.2. The standard InChI is InChI=1S/C16H28N2/c1-4-7-12-18(6-3)14-16-11-9-8-10-15(16)13-17-5-2/h8-11,17H,4-7,12-14H2,1-3H3. The summed E-state index contributed by atoms with van der Waals surface area (Å²) in [7, 11) is 0. The number of benzene rings is 1. The first-order valence-corrected chi connectivity index (χ1v) is 7.31. The van der Waals surface area contributed by atoms with E-state index in [1.54, 1.807) is 0 Å². The SMILES string of the molecule is CCCCN(CC)Cc1ccccc1CNCC. The van der Waals surface area contributed by atoms with Crippen molar-refractivity contribution in [1.29, 1.82) is 0 Å². The highest BCUT2D eigenvalue weighted by atomic mass is 15.1. The minimum atomic E-state index is 0.984. The van der Waals surface area contributed by atoms with E-state index in [-0.39, 0.29) is 0 Å². The van der Waals surface area contributed by atoms with Gasteiger partial charge in [-0.05, 0) is 37.2 Å². The molecule has 0 aliphatic rings. The van der Waals surface area contributed by atoms with Crippen molar-refractivity contribution in [3.8, 4) is 0 Å². The van der Waals surface area contributed by atoms with Crippen LogP contribution in [0.1, 0.15) is 44.7 Å². The highest BCUT2D eigenvalue weighted by Crippen LogP contribution is 2.12. The van der Waals surface area contributed by atoms with Crippen LogP contribution in [0.3, 0.4) is 0 Å². The fraction of sp³-hybridized carbons (Fsp3) is 0.625. The summed E-state index contributed by atoms with van der Waals surface area (Å²) in [5.74, 6) is 0. The normalized spacial score (nSPS) is 11.1. The van der Waals surface area contributed by atoms with E-state index < -0.39 is 0 Å². The molecule has 0 radical (unpaired) electrons. The van der Waals surface area contributed by atoms with Crippen LogP contribution in [0.4, 0.5) is 0 Å². The fourth-order valence-corrected chi connectivity index (χ4v) is 2.12. The molecule has 18 heavy (non-hydrogen) atoms. The molecule has 0 saturated carbocycles. The Morgan fingerprint density at radius 2 is 1.78 bits per heavy atom. The molecular weight excluding hydrogens is 220 g/mol. The van der Waals surface area contributed by atoms with Gasteiger partial charge in [0.15, 0.2) is 0 Å². The number of nitrogens with one attached hydrogen (secondary N) is 1. The Balaban J connectivity index is 2.63. The molecule has 0 aliphatic carbocycles. The highest BCUT2D eigenvalue weighted by Gasteiger charge is 2.06. The van der Waals surface area contributed by atoms with Gasteiger partial charge < -0.3 is 5.32 Å². The third kappa shape index (κ3) is 5.19. The highest BCUT2D eigenvalue weighted by molar-refractivity contribution is 5.26. The first-order chi connectivity index (χ1) is 8.81. The van der Waals surface area contributed by atoms with Gasteiger partial charge in [-0.15, -0.1) is 0 Å². The summed E-state index contributed by atoms with van der Waals surface area (Å²) in [5, 5.41) is 3.42. The number of rotatable bonds is 9. The van der Waals surface area contributed by atoms with Crippen molar-refractivity contribution in [2.24, 2.45) is 0 Å². The fourth-order valence-electron chi connectivity index (χ4n) is 2.12. The molecule has 1 N–H and O–H groups in total. The van der Waals surface area contributed by atoms with Gasteiger partial charge in [-0.2, -0.15) is 0 Å². The molecule has 1 aromatic carbocycles. The molecule has 0 amide bonds. The second-order valence-electron chi connectivity index (χ2n) is 4.77. The van der Waals surface area contributed by atoms with Gasteiger partial charge in [0.25, 0.3) is 0 Å². The molecule has 0 heterocycles. The van der Waals surface area contributed by atoms with Crippen LogP contribution >= 0.6 is 0 Å². The van der Waals surface area contributed by atoms with Crippen LogP contribution < -0.4 is 5.32 Å². The van der Waals surface area contributed by atoms with E-state index in [1.165, 1.54) is 30.5 Å². The first kappa shape index (κ1) is 15.2. The quantitative estimate of drug-likeness (QED) is 0.720. The van der Waals surface area contributed by atoms with Gasteiger partial charge in [-0.3, -0.25) is 4.90 Å². The van der Waals surface area contributed by atoms with Gasteiger partial charge >= 0.3 is 0 Å². The molecular formula is C16H28N2. The lowest BCUT2D eigenvalue weighted by Crippen LogP contribution is -2.25. The minimum Gasteiger partial charge on any atom is -0.313 e. The number of hydrogen-bond acceptors (Lipinski definition) is 2. The van der Waals surface area contributed by atoms with Gasteiger partial charge in [0.2, 0.25) is 0 Å². The molecule has 0 saturated heterocycles. The summed E-state index contributed by atoms with van der Waals surface area (Å²) in [4.78, 5) is 2.54. The molecule has 0 atom stereocenters. The maximum absolute atomic E-state index is 3.42. The van der Waals surface area contributed by atoms with E-state index >= 15 is 0 Å². The molecule has 0 aliphatic heterocycles. The lowest BCUT2D eigenvalue weighted by molar-refractivity contribution is 0.274. The van der Waals surface area contributed by atoms with Gasteiger partial charge in [0.05, 0.1) is 0 Å². The van der Waals surface area contributed by atoms with Crippen molar-refractivity contribution in [3.05, 3.63) is 35.4 Å². The van der Waals surface area contributed by atoms with Crippen LogP contribution in [0.2, 0.25) is 0 Å². The van der Waals surface area contributed by atoms with Gasteiger partial charge in [0.1, 0.15) is 0 Å². The largest absolute Gasteiger partial charge is 0.313 e. The topological polar surface area (TPSA) is 15.3 Å². The smallest absolute Gasteiger partial charge is 0.0236 e. The molecule has 2 heteroatoms. The lowest BCUT2D eigenvalue weighted by atomic mass is 10.1. The van der Waals surface area contributed by atoms with Crippen LogP contribution in [0, 0.1) is 0 Å². The van der Waals surface area contributed by atoms with Crippen molar-refractivity contribution in [2.75, 3.05) is 19.6 Å². The molecule has 1 rings (SSSR count). The minimum absolute atomic E-state index is 0.984. The molecule has 0 unspecified atom stereocenters. The van der Waals surface area contributed by atoms with Crippen molar-refractivity contribution in [3.63, 3.8) is 0 Å². The summed E-state index contributed by atoms with van der Waals surface area (Å²) in [6.45, 7) is 12.1. The molecule has 0 aromatic heterocycles. The van der Waals surface area contributed by atoms with Crippen LogP contribution in [0.5, 0.6) is 0 Å². The average Bonchev–Trinajstić information content (AvgIpc) is 2.42. The second kappa shape index (κ2) is 9.12. The Hall–Kier alpha value is -0.860. The van der Waals surface area contributed by atoms with Crippen molar-refractivity contribution >= 4 is 0 Å². The third-order valence-electron chi connectivity index (χ3n) is 3.35. The first-order valence-electron chi connectivity index (χ1n) is 7.31. The maximum atomic E-state index is 3.42. The van der Waals surface area contributed by atoms with Crippen LogP contribution in [-0.4, -0.2) is 24.5 Å². The van der Waals surface area contributed by atoms with E-state index in [0.717, 1.165) is 26.2 Å². The Bertz CT molecular complexity index is 323. The summed E-state index contributed by atoms with van der Waals surface area (Å²) in [6, 6.07) is 8.80. The molecule has 0 bridgehead atoms.